The van der Waals surface area contributed by atoms with Crippen molar-refractivity contribution >= 4 is 15.9 Å². The molecule has 21 heavy (non-hydrogen) atoms. The fourth-order valence-corrected chi connectivity index (χ4v) is 3.34. The molecule has 0 bridgehead atoms. The highest BCUT2D eigenvalue weighted by Gasteiger charge is 2.20. The first-order valence-electron chi connectivity index (χ1n) is 7.53. The second-order valence-corrected chi connectivity index (χ2v) is 6.65. The smallest absolute Gasteiger partial charge is 0.387 e. The predicted molar refractivity (Wildman–Crippen MR) is 83.7 cm³/mol. The molecule has 2 rings (SSSR count). The van der Waals surface area contributed by atoms with Gasteiger partial charge in [0, 0.05) is 22.6 Å². The molecule has 118 valence electrons. The van der Waals surface area contributed by atoms with Crippen LogP contribution in [0.4, 0.5) is 8.78 Å². The Labute approximate surface area is 133 Å². The Balaban J connectivity index is 2.02. The number of hydrogen-bond acceptors (Lipinski definition) is 2. The van der Waals surface area contributed by atoms with Crippen LogP contribution in [0.5, 0.6) is 5.75 Å². The van der Waals surface area contributed by atoms with Crippen molar-refractivity contribution in [2.75, 3.05) is 0 Å². The molecular weight excluding hydrogens is 340 g/mol. The molecule has 0 spiro atoms. The van der Waals surface area contributed by atoms with Gasteiger partial charge in [-0.3, -0.25) is 0 Å². The van der Waals surface area contributed by atoms with Gasteiger partial charge in [-0.15, -0.1) is 0 Å². The number of rotatable bonds is 5. The Morgan fingerprint density at radius 3 is 2.81 bits per heavy atom. The molecule has 2 unspecified atom stereocenters. The van der Waals surface area contributed by atoms with E-state index in [0.717, 1.165) is 16.5 Å². The summed E-state index contributed by atoms with van der Waals surface area (Å²) in [4.78, 5) is 0. The lowest BCUT2D eigenvalue weighted by Gasteiger charge is -2.23. The second kappa shape index (κ2) is 8.08. The van der Waals surface area contributed by atoms with Crippen molar-refractivity contribution < 1.29 is 13.5 Å². The number of halogens is 3. The summed E-state index contributed by atoms with van der Waals surface area (Å²) in [7, 11) is 0. The van der Waals surface area contributed by atoms with E-state index in [1.807, 2.05) is 6.07 Å². The van der Waals surface area contributed by atoms with Crippen LogP contribution < -0.4 is 10.1 Å². The van der Waals surface area contributed by atoms with E-state index in [-0.39, 0.29) is 5.75 Å². The number of hydrogen-bond donors (Lipinski definition) is 1. The Morgan fingerprint density at radius 1 is 1.29 bits per heavy atom. The van der Waals surface area contributed by atoms with Crippen molar-refractivity contribution in [2.24, 2.45) is 5.92 Å². The largest absolute Gasteiger partial charge is 0.434 e. The van der Waals surface area contributed by atoms with Gasteiger partial charge in [-0.05, 0) is 37.0 Å². The summed E-state index contributed by atoms with van der Waals surface area (Å²) in [6, 6.07) is 5.59. The van der Waals surface area contributed by atoms with E-state index in [1.54, 1.807) is 12.1 Å². The molecule has 1 saturated carbocycles. The van der Waals surface area contributed by atoms with Gasteiger partial charge in [0.25, 0.3) is 0 Å². The molecule has 5 heteroatoms. The van der Waals surface area contributed by atoms with E-state index in [9.17, 15) is 8.78 Å². The minimum Gasteiger partial charge on any atom is -0.434 e. The first-order valence-corrected chi connectivity index (χ1v) is 8.32. The lowest BCUT2D eigenvalue weighted by atomic mass is 9.97. The van der Waals surface area contributed by atoms with Crippen LogP contribution in [0.3, 0.4) is 0 Å². The van der Waals surface area contributed by atoms with Crippen molar-refractivity contribution in [3.63, 3.8) is 0 Å². The van der Waals surface area contributed by atoms with Gasteiger partial charge >= 0.3 is 6.61 Å². The molecule has 1 fully saturated rings. The molecule has 1 aliphatic carbocycles. The molecule has 0 aromatic heterocycles. The van der Waals surface area contributed by atoms with Gasteiger partial charge in [0.1, 0.15) is 5.75 Å². The quantitative estimate of drug-likeness (QED) is 0.735. The Kier molecular flexibility index (Phi) is 6.42. The monoisotopic (exact) mass is 361 g/mol. The van der Waals surface area contributed by atoms with E-state index in [2.05, 4.69) is 32.9 Å². The van der Waals surface area contributed by atoms with Gasteiger partial charge in [-0.25, -0.2) is 0 Å². The molecule has 1 aromatic carbocycles. The third-order valence-corrected chi connectivity index (χ3v) is 4.65. The van der Waals surface area contributed by atoms with Crippen LogP contribution in [0.25, 0.3) is 0 Å². The zero-order chi connectivity index (χ0) is 15.2. The van der Waals surface area contributed by atoms with Crippen LogP contribution in [-0.2, 0) is 6.54 Å². The Morgan fingerprint density at radius 2 is 2.05 bits per heavy atom. The topological polar surface area (TPSA) is 21.3 Å². The highest BCUT2D eigenvalue weighted by Crippen LogP contribution is 2.27. The highest BCUT2D eigenvalue weighted by molar-refractivity contribution is 9.10. The Hall–Kier alpha value is -0.680. The van der Waals surface area contributed by atoms with Crippen molar-refractivity contribution in [3.05, 3.63) is 28.2 Å². The molecule has 1 N–H and O–H groups in total. The third-order valence-electron chi connectivity index (χ3n) is 4.15. The normalized spacial score (nSPS) is 23.1. The lowest BCUT2D eigenvalue weighted by Crippen LogP contribution is -2.33. The van der Waals surface area contributed by atoms with Crippen molar-refractivity contribution in [1.29, 1.82) is 0 Å². The van der Waals surface area contributed by atoms with Crippen molar-refractivity contribution in [3.8, 4) is 5.75 Å². The summed E-state index contributed by atoms with van der Waals surface area (Å²) in [5, 5.41) is 3.52. The predicted octanol–water partition coefficient (Wildman–Crippen LogP) is 5.11. The van der Waals surface area contributed by atoms with E-state index in [1.165, 1.54) is 25.7 Å². The molecule has 0 aliphatic heterocycles. The lowest BCUT2D eigenvalue weighted by molar-refractivity contribution is -0.0505. The van der Waals surface area contributed by atoms with E-state index < -0.39 is 6.61 Å². The molecule has 0 amide bonds. The molecule has 2 nitrogen and oxygen atoms in total. The van der Waals surface area contributed by atoms with Gasteiger partial charge < -0.3 is 10.1 Å². The summed E-state index contributed by atoms with van der Waals surface area (Å²) in [6.45, 7) is 0.0264. The van der Waals surface area contributed by atoms with Gasteiger partial charge in [0.15, 0.2) is 0 Å². The number of benzene rings is 1. The van der Waals surface area contributed by atoms with E-state index in [0.29, 0.717) is 18.5 Å². The molecule has 1 aliphatic rings. The van der Waals surface area contributed by atoms with Gasteiger partial charge in [0.05, 0.1) is 0 Å². The maximum Gasteiger partial charge on any atom is 0.387 e. The molecule has 1 aromatic rings. The summed E-state index contributed by atoms with van der Waals surface area (Å²) in [6.07, 6.45) is 6.20. The zero-order valence-corrected chi connectivity index (χ0v) is 13.8. The standard InChI is InChI=1S/C16H22BrF2NO/c1-11-5-3-2-4-6-14(11)20-10-12-9-13(17)7-8-15(12)21-16(18)19/h7-9,11,14,16,20H,2-6,10H2,1H3. The SMILES string of the molecule is CC1CCCCCC1NCc1cc(Br)ccc1OC(F)F. The number of alkyl halides is 2. The summed E-state index contributed by atoms with van der Waals surface area (Å²) < 4.78 is 30.4. The maximum atomic E-state index is 12.5. The second-order valence-electron chi connectivity index (χ2n) is 5.73. The minimum atomic E-state index is -2.79. The van der Waals surface area contributed by atoms with Gasteiger partial charge in [0.2, 0.25) is 0 Å². The molecular formula is C16H22BrF2NO. The van der Waals surface area contributed by atoms with Crippen molar-refractivity contribution in [1.82, 2.24) is 5.32 Å². The Bertz CT molecular complexity index is 456. The first-order chi connectivity index (χ1) is 10.1. The number of ether oxygens (including phenoxy) is 1. The van der Waals surface area contributed by atoms with Crippen LogP contribution in [-0.4, -0.2) is 12.7 Å². The molecule has 0 radical (unpaired) electrons. The summed E-state index contributed by atoms with van der Waals surface area (Å²) in [5.74, 6) is 0.876. The molecule has 2 atom stereocenters. The third kappa shape index (κ3) is 5.22. The molecule has 0 heterocycles. The highest BCUT2D eigenvalue weighted by atomic mass is 79.9. The average Bonchev–Trinajstić information content (AvgIpc) is 2.63. The maximum absolute atomic E-state index is 12.5. The fraction of sp³-hybridized carbons (Fsp3) is 0.625. The summed E-state index contributed by atoms with van der Waals surface area (Å²) >= 11 is 3.38. The first kappa shape index (κ1) is 16.7. The van der Waals surface area contributed by atoms with Crippen LogP contribution in [0, 0.1) is 5.92 Å². The minimum absolute atomic E-state index is 0.252. The van der Waals surface area contributed by atoms with E-state index in [4.69, 9.17) is 0 Å². The van der Waals surface area contributed by atoms with Gasteiger partial charge in [-0.1, -0.05) is 42.1 Å². The number of nitrogens with one attached hydrogen (secondary N) is 1. The van der Waals surface area contributed by atoms with Crippen LogP contribution >= 0.6 is 15.9 Å². The zero-order valence-electron chi connectivity index (χ0n) is 12.2. The van der Waals surface area contributed by atoms with Crippen LogP contribution in [0.15, 0.2) is 22.7 Å². The van der Waals surface area contributed by atoms with E-state index >= 15 is 0 Å². The average molecular weight is 362 g/mol. The molecule has 0 saturated heterocycles. The van der Waals surface area contributed by atoms with Gasteiger partial charge in [-0.2, -0.15) is 8.78 Å². The fourth-order valence-electron chi connectivity index (χ4n) is 2.93. The van der Waals surface area contributed by atoms with Crippen LogP contribution in [0.2, 0.25) is 0 Å². The van der Waals surface area contributed by atoms with Crippen molar-refractivity contribution in [2.45, 2.75) is 58.2 Å². The van der Waals surface area contributed by atoms with Crippen LogP contribution in [0.1, 0.15) is 44.6 Å². The summed E-state index contributed by atoms with van der Waals surface area (Å²) in [5.41, 5.74) is 0.765.